The molecule has 13 N–H and O–H groups in total. The maximum Gasteiger partial charge on any atom is 0.326 e. The molecule has 3 aliphatic heterocycles. The zero-order valence-electron chi connectivity index (χ0n) is 51.5. The summed E-state index contributed by atoms with van der Waals surface area (Å²) in [5.41, 5.74) is 5.75. The van der Waals surface area contributed by atoms with E-state index in [0.29, 0.717) is 32.1 Å². The monoisotopic (exact) mass is 1190 g/mol. The molecule has 0 aromatic rings. The lowest BCUT2D eigenvalue weighted by Crippen LogP contribution is -2.63. The lowest BCUT2D eigenvalue weighted by atomic mass is 9.96. The van der Waals surface area contributed by atoms with Crippen molar-refractivity contribution in [2.75, 3.05) is 32.8 Å². The number of hydrogen-bond donors (Lipinski definition) is 12. The van der Waals surface area contributed by atoms with Gasteiger partial charge in [-0.2, -0.15) is 0 Å². The van der Waals surface area contributed by atoms with Crippen molar-refractivity contribution >= 4 is 70.9 Å². The van der Waals surface area contributed by atoms with Gasteiger partial charge in [0.25, 0.3) is 0 Å². The molecule has 0 saturated carbocycles. The molecule has 0 radical (unpaired) electrons. The molecule has 3 fully saturated rings. The standard InChI is InChI=1S/C57H98N12O15/c1-14-33(12)45(53(79)61-37(57(83)84)25-29(4)5)65-48(74)39-19-15-21-67(39)41(72)26-59-47(73)38-18-16-23-69(38)56(82)36(24-28(2)3)60-54(80)46(34(13)71)66-52(78)44(32(10)11)64-51(77)43(31(8)9)63-50(76)42(30(6)7)62-49(75)40-20-17-22-68(40)55(81)35(58)27-70/h28-40,42-46,70-71H,14-27,58H2,1-13H3,(H,59,73)(H,60,80)(H,61,79)(H,62,75)(H,63,76)(H,64,77)(H,65,74)(H,66,78)(H,83,84)/t33-,34+,35-,36-,37-,38-,39-,40-,42-,43-,44-,45-,46-/m0/s1. The highest BCUT2D eigenvalue weighted by Gasteiger charge is 2.43. The first-order valence-corrected chi connectivity index (χ1v) is 29.9. The SMILES string of the molecule is CC[C@H](C)[C@H](NC(=O)[C@@H]1CCCN1C(=O)CNC(=O)[C@@H]1CCCN1C(=O)[C@H](CC(C)C)NC(=O)[C@@H](NC(=O)[C@@H](NC(=O)[C@@H](NC(=O)[C@@H](NC(=O)[C@@H]1CCCN1C(=O)[C@@H](N)CO)C(C)C)C(C)C)C(C)C)[C@@H](C)O)C(=O)N[C@@H](CC(C)C)C(=O)O. The Kier molecular flexibility index (Phi) is 28.4. The largest absolute Gasteiger partial charge is 0.480 e. The van der Waals surface area contributed by atoms with Crippen LogP contribution < -0.4 is 48.3 Å². The third-order valence-electron chi connectivity index (χ3n) is 15.7. The van der Waals surface area contributed by atoms with Crippen LogP contribution in [0.2, 0.25) is 0 Å². The van der Waals surface area contributed by atoms with Crippen molar-refractivity contribution in [2.24, 2.45) is 41.2 Å². The van der Waals surface area contributed by atoms with Gasteiger partial charge >= 0.3 is 5.97 Å². The molecule has 27 heteroatoms. The van der Waals surface area contributed by atoms with Crippen molar-refractivity contribution < 1.29 is 72.9 Å². The number of nitrogens with one attached hydrogen (secondary N) is 8. The van der Waals surface area contributed by atoms with E-state index in [2.05, 4.69) is 42.5 Å². The molecule has 3 rings (SSSR count). The average Bonchev–Trinajstić information content (AvgIpc) is 4.42. The highest BCUT2D eigenvalue weighted by Crippen LogP contribution is 2.24. The summed E-state index contributed by atoms with van der Waals surface area (Å²) in [4.78, 5) is 167. The lowest BCUT2D eigenvalue weighted by molar-refractivity contribution is -0.144. The summed E-state index contributed by atoms with van der Waals surface area (Å²) in [5, 5.41) is 51.3. The molecular weight excluding hydrogens is 1090 g/mol. The number of nitrogens with zero attached hydrogens (tertiary/aromatic N) is 3. The van der Waals surface area contributed by atoms with E-state index in [4.69, 9.17) is 5.73 Å². The zero-order valence-corrected chi connectivity index (χ0v) is 51.5. The van der Waals surface area contributed by atoms with E-state index in [1.54, 1.807) is 62.3 Å². The summed E-state index contributed by atoms with van der Waals surface area (Å²) in [6, 6.07) is -13.1. The molecule has 0 bridgehead atoms. The Hall–Kier alpha value is -6.48. The molecule has 3 saturated heterocycles. The molecule has 27 nitrogen and oxygen atoms in total. The number of carbonyl (C=O) groups excluding carboxylic acids is 11. The van der Waals surface area contributed by atoms with Crippen LogP contribution in [0.15, 0.2) is 0 Å². The van der Waals surface area contributed by atoms with Gasteiger partial charge in [-0.1, -0.05) is 89.5 Å². The number of carbonyl (C=O) groups is 12. The van der Waals surface area contributed by atoms with Gasteiger partial charge in [-0.05, 0) is 93.8 Å². The molecule has 3 heterocycles. The number of hydrogen-bond acceptors (Lipinski definition) is 15. The van der Waals surface area contributed by atoms with Gasteiger partial charge in [-0.15, -0.1) is 0 Å². The van der Waals surface area contributed by atoms with Crippen LogP contribution in [0.3, 0.4) is 0 Å². The normalized spacial score (nSPS) is 20.7. The summed E-state index contributed by atoms with van der Waals surface area (Å²) >= 11 is 0. The molecular formula is C57H98N12O15. The van der Waals surface area contributed by atoms with E-state index in [1.165, 1.54) is 21.6 Å². The van der Waals surface area contributed by atoms with Gasteiger partial charge in [0.1, 0.15) is 66.5 Å². The summed E-state index contributed by atoms with van der Waals surface area (Å²) < 4.78 is 0. The second kappa shape index (κ2) is 33.3. The maximum absolute atomic E-state index is 14.4. The molecule has 0 aliphatic carbocycles. The predicted molar refractivity (Wildman–Crippen MR) is 308 cm³/mol. The van der Waals surface area contributed by atoms with Crippen molar-refractivity contribution in [1.82, 2.24) is 57.2 Å². The number of aliphatic hydroxyl groups excluding tert-OH is 2. The zero-order chi connectivity index (χ0) is 63.6. The molecule has 84 heavy (non-hydrogen) atoms. The van der Waals surface area contributed by atoms with Crippen LogP contribution in [-0.4, -0.2) is 206 Å². The quantitative estimate of drug-likeness (QED) is 0.0370. The number of likely N-dealkylation sites (tertiary alicyclic amines) is 3. The fraction of sp³-hybridized carbons (Fsp3) is 0.789. The van der Waals surface area contributed by atoms with Gasteiger partial charge < -0.3 is 78.3 Å². The summed E-state index contributed by atoms with van der Waals surface area (Å²) in [6.07, 6.45) is 1.35. The molecule has 11 amide bonds. The Balaban J connectivity index is 1.71. The summed E-state index contributed by atoms with van der Waals surface area (Å²) in [7, 11) is 0. The molecule has 13 atom stereocenters. The van der Waals surface area contributed by atoms with E-state index in [-0.39, 0.29) is 63.1 Å². The third kappa shape index (κ3) is 20.1. The van der Waals surface area contributed by atoms with Gasteiger partial charge in [0.2, 0.25) is 65.0 Å². The van der Waals surface area contributed by atoms with Gasteiger partial charge in [0.05, 0.1) is 19.3 Å². The van der Waals surface area contributed by atoms with E-state index in [9.17, 15) is 72.9 Å². The van der Waals surface area contributed by atoms with E-state index in [1.807, 2.05) is 20.8 Å². The Morgan fingerprint density at radius 3 is 1.29 bits per heavy atom. The molecule has 0 aromatic heterocycles. The lowest BCUT2D eigenvalue weighted by Gasteiger charge is -2.32. The van der Waals surface area contributed by atoms with Crippen LogP contribution >= 0.6 is 0 Å². The van der Waals surface area contributed by atoms with Crippen molar-refractivity contribution in [3.63, 3.8) is 0 Å². The highest BCUT2D eigenvalue weighted by atomic mass is 16.4. The van der Waals surface area contributed by atoms with Crippen molar-refractivity contribution in [3.05, 3.63) is 0 Å². The van der Waals surface area contributed by atoms with Crippen LogP contribution in [0.25, 0.3) is 0 Å². The molecule has 3 aliphatic rings. The van der Waals surface area contributed by atoms with Crippen LogP contribution in [-0.2, 0) is 57.5 Å². The predicted octanol–water partition coefficient (Wildman–Crippen LogP) is -1.64. The van der Waals surface area contributed by atoms with Crippen molar-refractivity contribution in [3.8, 4) is 0 Å². The first-order chi connectivity index (χ1) is 39.3. The fourth-order valence-corrected chi connectivity index (χ4v) is 10.7. The van der Waals surface area contributed by atoms with Crippen LogP contribution in [0.5, 0.6) is 0 Å². The number of carboxylic acid groups (broad SMARTS) is 1. The van der Waals surface area contributed by atoms with Crippen LogP contribution in [0.1, 0.15) is 148 Å². The number of amides is 11. The third-order valence-corrected chi connectivity index (χ3v) is 15.7. The second-order valence-corrected chi connectivity index (χ2v) is 24.6. The van der Waals surface area contributed by atoms with E-state index >= 15 is 0 Å². The Bertz CT molecular complexity index is 2330. The van der Waals surface area contributed by atoms with Crippen molar-refractivity contribution in [1.29, 1.82) is 0 Å². The van der Waals surface area contributed by atoms with Crippen LogP contribution in [0, 0.1) is 35.5 Å². The topological polar surface area (TPSA) is 398 Å². The van der Waals surface area contributed by atoms with Crippen molar-refractivity contribution in [2.45, 2.75) is 220 Å². The molecule has 0 spiro atoms. The second-order valence-electron chi connectivity index (χ2n) is 24.6. The number of nitrogens with two attached hydrogens (primary N) is 1. The molecule has 476 valence electrons. The summed E-state index contributed by atoms with van der Waals surface area (Å²) in [5.74, 6) is -11.1. The summed E-state index contributed by atoms with van der Waals surface area (Å²) in [6.45, 7) is 21.4. The minimum atomic E-state index is -1.66. The maximum atomic E-state index is 14.4. The van der Waals surface area contributed by atoms with Gasteiger partial charge in [0.15, 0.2) is 0 Å². The average molecular weight is 1190 g/mol. The first-order valence-electron chi connectivity index (χ1n) is 29.9. The number of rotatable bonds is 31. The Morgan fingerprint density at radius 2 is 0.857 bits per heavy atom. The molecule has 0 unspecified atom stereocenters. The van der Waals surface area contributed by atoms with Gasteiger partial charge in [-0.3, -0.25) is 52.7 Å². The van der Waals surface area contributed by atoms with Crippen LogP contribution in [0.4, 0.5) is 0 Å². The Labute approximate surface area is 493 Å². The van der Waals surface area contributed by atoms with Gasteiger partial charge in [0, 0.05) is 19.6 Å². The van der Waals surface area contributed by atoms with E-state index < -0.39 is 174 Å². The number of aliphatic carboxylic acids is 1. The Morgan fingerprint density at radius 1 is 0.488 bits per heavy atom. The number of aliphatic hydroxyl groups is 2. The first kappa shape index (κ1) is 71.8. The minimum Gasteiger partial charge on any atom is -0.480 e. The van der Waals surface area contributed by atoms with Gasteiger partial charge in [-0.25, -0.2) is 4.79 Å². The fourth-order valence-electron chi connectivity index (χ4n) is 10.7. The minimum absolute atomic E-state index is 0.0351. The number of carboxylic acids is 1. The smallest absolute Gasteiger partial charge is 0.326 e. The van der Waals surface area contributed by atoms with E-state index in [0.717, 1.165) is 0 Å². The highest BCUT2D eigenvalue weighted by molar-refractivity contribution is 5.99. The molecule has 0 aromatic carbocycles.